The zero-order valence-electron chi connectivity index (χ0n) is 11.3. The summed E-state index contributed by atoms with van der Waals surface area (Å²) in [5.41, 5.74) is 1.05. The molecule has 0 unspecified atom stereocenters. The summed E-state index contributed by atoms with van der Waals surface area (Å²) < 4.78 is 0. The largest absolute Gasteiger partial charge is 0.358 e. The zero-order chi connectivity index (χ0) is 13.3. The van der Waals surface area contributed by atoms with Crippen molar-refractivity contribution in [3.63, 3.8) is 0 Å². The van der Waals surface area contributed by atoms with E-state index in [-0.39, 0.29) is 0 Å². The van der Waals surface area contributed by atoms with E-state index in [4.69, 9.17) is 0 Å². The molecule has 0 atom stereocenters. The van der Waals surface area contributed by atoms with Gasteiger partial charge in [-0.3, -0.25) is 0 Å². The third-order valence-electron chi connectivity index (χ3n) is 2.34. The van der Waals surface area contributed by atoms with Gasteiger partial charge in [-0.05, 0) is 20.8 Å². The summed E-state index contributed by atoms with van der Waals surface area (Å²) in [5, 5.41) is 14.7. The van der Waals surface area contributed by atoms with Crippen LogP contribution in [0.15, 0.2) is 0 Å². The van der Waals surface area contributed by atoms with Crippen LogP contribution in [-0.4, -0.2) is 21.2 Å². The molecular formula is C12H18N4S2. The van der Waals surface area contributed by atoms with Crippen molar-refractivity contribution in [2.75, 3.05) is 5.32 Å². The summed E-state index contributed by atoms with van der Waals surface area (Å²) in [6.07, 6.45) is 0. The first-order valence-corrected chi connectivity index (χ1v) is 7.68. The Bertz CT molecular complexity index is 528. The fraction of sp³-hybridized carbons (Fsp3) is 0.583. The third kappa shape index (κ3) is 2.87. The predicted octanol–water partition coefficient (Wildman–Crippen LogP) is 3.91. The van der Waals surface area contributed by atoms with Crippen LogP contribution in [0.25, 0.3) is 9.88 Å². The Balaban J connectivity index is 2.28. The number of nitrogens with one attached hydrogen (secondary N) is 1. The monoisotopic (exact) mass is 282 g/mol. The molecule has 6 heteroatoms. The molecule has 0 aliphatic carbocycles. The molecule has 0 aliphatic heterocycles. The summed E-state index contributed by atoms with van der Waals surface area (Å²) in [6, 6.07) is 0.375. The Morgan fingerprint density at radius 1 is 1.06 bits per heavy atom. The van der Waals surface area contributed by atoms with Gasteiger partial charge in [0.25, 0.3) is 0 Å². The Morgan fingerprint density at radius 2 is 1.78 bits per heavy atom. The van der Waals surface area contributed by atoms with Crippen LogP contribution in [0, 0.1) is 6.92 Å². The maximum absolute atomic E-state index is 4.59. The molecule has 0 saturated heterocycles. The summed E-state index contributed by atoms with van der Waals surface area (Å²) in [7, 11) is 0. The molecule has 0 saturated carbocycles. The van der Waals surface area contributed by atoms with Crippen molar-refractivity contribution in [1.29, 1.82) is 0 Å². The van der Waals surface area contributed by atoms with Crippen LogP contribution in [-0.2, 0) is 0 Å². The van der Waals surface area contributed by atoms with Gasteiger partial charge in [-0.2, -0.15) is 0 Å². The number of rotatable bonds is 4. The fourth-order valence-electron chi connectivity index (χ4n) is 1.48. The van der Waals surface area contributed by atoms with E-state index in [0.29, 0.717) is 12.0 Å². The maximum atomic E-state index is 4.59. The molecule has 0 aliphatic rings. The van der Waals surface area contributed by atoms with E-state index >= 15 is 0 Å². The minimum atomic E-state index is 0.375. The summed E-state index contributed by atoms with van der Waals surface area (Å²) in [5.74, 6) is 0.462. The zero-order valence-corrected chi connectivity index (χ0v) is 12.9. The Hall–Kier alpha value is -1.01. The van der Waals surface area contributed by atoms with Gasteiger partial charge in [-0.1, -0.05) is 25.2 Å². The van der Waals surface area contributed by atoms with E-state index < -0.39 is 0 Å². The van der Waals surface area contributed by atoms with Crippen LogP contribution in [0.2, 0.25) is 0 Å². The summed E-state index contributed by atoms with van der Waals surface area (Å²) in [6.45, 7) is 10.5. The third-order valence-corrected chi connectivity index (χ3v) is 4.80. The first kappa shape index (κ1) is 13.4. The van der Waals surface area contributed by atoms with Gasteiger partial charge in [0.1, 0.15) is 0 Å². The molecule has 2 aromatic heterocycles. The Kier molecular flexibility index (Phi) is 3.97. The van der Waals surface area contributed by atoms with Crippen LogP contribution in [0.1, 0.15) is 44.3 Å². The molecule has 2 aromatic rings. The first-order valence-electron chi connectivity index (χ1n) is 6.05. The lowest BCUT2D eigenvalue weighted by molar-refractivity contribution is 0.847. The van der Waals surface area contributed by atoms with Gasteiger partial charge in [-0.15, -0.1) is 21.5 Å². The number of anilines is 1. The van der Waals surface area contributed by atoms with Crippen LogP contribution < -0.4 is 5.32 Å². The van der Waals surface area contributed by atoms with Crippen LogP contribution in [0.4, 0.5) is 5.13 Å². The van der Waals surface area contributed by atoms with Gasteiger partial charge in [-0.25, -0.2) is 4.98 Å². The topological polar surface area (TPSA) is 50.7 Å². The molecule has 0 radical (unpaired) electrons. The lowest BCUT2D eigenvalue weighted by Crippen LogP contribution is -2.08. The molecule has 0 fully saturated rings. The van der Waals surface area contributed by atoms with Crippen LogP contribution in [0.3, 0.4) is 0 Å². The SMILES string of the molecule is Cc1nc(C(C)C)sc1-c1nnc(NC(C)C)s1. The van der Waals surface area contributed by atoms with Gasteiger partial charge in [0.15, 0.2) is 5.01 Å². The molecule has 0 spiro atoms. The van der Waals surface area contributed by atoms with E-state index in [9.17, 15) is 0 Å². The highest BCUT2D eigenvalue weighted by Gasteiger charge is 2.16. The predicted molar refractivity (Wildman–Crippen MR) is 78.6 cm³/mol. The first-order chi connectivity index (χ1) is 8.47. The number of aryl methyl sites for hydroxylation is 1. The molecule has 2 rings (SSSR count). The molecule has 1 N–H and O–H groups in total. The van der Waals surface area contributed by atoms with Gasteiger partial charge in [0.05, 0.1) is 15.6 Å². The lowest BCUT2D eigenvalue weighted by atomic mass is 10.2. The second-order valence-corrected chi connectivity index (χ2v) is 6.84. The minimum Gasteiger partial charge on any atom is -0.358 e. The highest BCUT2D eigenvalue weighted by Crippen LogP contribution is 2.35. The average Bonchev–Trinajstić information content (AvgIpc) is 2.83. The van der Waals surface area contributed by atoms with E-state index in [0.717, 1.165) is 25.7 Å². The standard InChI is InChI=1S/C12H18N4S2/c1-6(2)10-14-8(5)9(17-10)11-15-16-12(18-11)13-7(3)4/h6-7H,1-5H3,(H,13,16). The van der Waals surface area contributed by atoms with Gasteiger partial charge >= 0.3 is 0 Å². The van der Waals surface area contributed by atoms with Crippen molar-refractivity contribution in [3.05, 3.63) is 10.7 Å². The van der Waals surface area contributed by atoms with Gasteiger partial charge in [0.2, 0.25) is 5.13 Å². The molecular weight excluding hydrogens is 264 g/mol. The van der Waals surface area contributed by atoms with E-state index in [1.807, 2.05) is 6.92 Å². The molecule has 0 amide bonds. The smallest absolute Gasteiger partial charge is 0.206 e. The molecule has 2 heterocycles. The highest BCUT2D eigenvalue weighted by atomic mass is 32.1. The molecule has 18 heavy (non-hydrogen) atoms. The molecule has 4 nitrogen and oxygen atoms in total. The van der Waals surface area contributed by atoms with Crippen molar-refractivity contribution in [2.45, 2.75) is 46.6 Å². The van der Waals surface area contributed by atoms with Gasteiger partial charge < -0.3 is 5.32 Å². The second-order valence-electron chi connectivity index (χ2n) is 4.83. The number of aromatic nitrogens is 3. The number of nitrogens with zero attached hydrogens (tertiary/aromatic N) is 3. The van der Waals surface area contributed by atoms with E-state index in [1.54, 1.807) is 22.7 Å². The van der Waals surface area contributed by atoms with Crippen molar-refractivity contribution in [2.24, 2.45) is 0 Å². The van der Waals surface area contributed by atoms with Crippen molar-refractivity contribution < 1.29 is 0 Å². The van der Waals surface area contributed by atoms with Crippen LogP contribution >= 0.6 is 22.7 Å². The average molecular weight is 282 g/mol. The molecule has 0 bridgehead atoms. The quantitative estimate of drug-likeness (QED) is 0.923. The molecule has 98 valence electrons. The molecule has 0 aromatic carbocycles. The lowest BCUT2D eigenvalue weighted by Gasteiger charge is -2.02. The minimum absolute atomic E-state index is 0.375. The van der Waals surface area contributed by atoms with Crippen molar-refractivity contribution >= 4 is 27.8 Å². The number of hydrogen-bond donors (Lipinski definition) is 1. The fourth-order valence-corrected chi connectivity index (χ4v) is 3.56. The summed E-state index contributed by atoms with van der Waals surface area (Å²) >= 11 is 3.31. The van der Waals surface area contributed by atoms with E-state index in [1.165, 1.54) is 0 Å². The van der Waals surface area contributed by atoms with Crippen LogP contribution in [0.5, 0.6) is 0 Å². The normalized spacial score (nSPS) is 11.5. The Morgan fingerprint density at radius 3 is 2.33 bits per heavy atom. The second kappa shape index (κ2) is 5.32. The van der Waals surface area contributed by atoms with Gasteiger partial charge in [0, 0.05) is 12.0 Å². The Labute approximate surface area is 116 Å². The number of thiazole rings is 1. The van der Waals surface area contributed by atoms with E-state index in [2.05, 4.69) is 48.2 Å². The van der Waals surface area contributed by atoms with Crippen molar-refractivity contribution in [1.82, 2.24) is 15.2 Å². The van der Waals surface area contributed by atoms with Crippen molar-refractivity contribution in [3.8, 4) is 9.88 Å². The number of hydrogen-bond acceptors (Lipinski definition) is 6. The summed E-state index contributed by atoms with van der Waals surface area (Å²) in [4.78, 5) is 5.74. The maximum Gasteiger partial charge on any atom is 0.206 e. The highest BCUT2D eigenvalue weighted by molar-refractivity contribution is 7.23.